The highest BCUT2D eigenvalue weighted by Crippen LogP contribution is 2.13. The molecule has 0 spiro atoms. The molecule has 0 fully saturated rings. The lowest BCUT2D eigenvalue weighted by atomic mass is 10.1. The Kier molecular flexibility index (Phi) is 5.60. The Morgan fingerprint density at radius 3 is 2.47 bits per heavy atom. The minimum absolute atomic E-state index is 0.936. The van der Waals surface area contributed by atoms with Crippen LogP contribution in [0, 0.1) is 0 Å². The van der Waals surface area contributed by atoms with Gasteiger partial charge in [0.05, 0.1) is 7.11 Å². The Balaban J connectivity index is 2.22. The molecule has 1 heteroatoms. The Hall–Kier alpha value is -1.24. The number of hydrogen-bond acceptors (Lipinski definition) is 1. The molecule has 0 N–H and O–H groups in total. The number of allylic oxidation sites excluding steroid dienone is 1. The summed E-state index contributed by atoms with van der Waals surface area (Å²) in [6.07, 6.45) is 8.12. The fourth-order valence-electron chi connectivity index (χ4n) is 1.59. The quantitative estimate of drug-likeness (QED) is 0.482. The maximum Gasteiger partial charge on any atom is 0.118 e. The number of hydrogen-bond donors (Lipinski definition) is 0. The molecule has 0 unspecified atom stereocenters. The summed E-state index contributed by atoms with van der Waals surface area (Å²) in [5.41, 5.74) is 1.40. The van der Waals surface area contributed by atoms with Crippen molar-refractivity contribution in [1.29, 1.82) is 0 Å². The standard InChI is InChI=1S/C14H20O/c1-3-4-5-6-7-8-13-9-11-14(15-2)12-10-13/h3,9-12H,1,4-8H2,2H3. The maximum absolute atomic E-state index is 5.12. The molecule has 1 aromatic carbocycles. The van der Waals surface area contributed by atoms with E-state index in [4.69, 9.17) is 4.74 Å². The first kappa shape index (κ1) is 11.8. The minimum Gasteiger partial charge on any atom is -0.497 e. The van der Waals surface area contributed by atoms with Crippen molar-refractivity contribution in [3.8, 4) is 5.75 Å². The van der Waals surface area contributed by atoms with Gasteiger partial charge in [0, 0.05) is 0 Å². The Labute approximate surface area is 92.8 Å². The predicted octanol–water partition coefficient (Wildman–Crippen LogP) is 3.98. The Morgan fingerprint density at radius 2 is 1.87 bits per heavy atom. The second kappa shape index (κ2) is 7.10. The van der Waals surface area contributed by atoms with Crippen LogP contribution in [0.25, 0.3) is 0 Å². The van der Waals surface area contributed by atoms with Crippen LogP contribution in [-0.4, -0.2) is 7.11 Å². The van der Waals surface area contributed by atoms with Crippen LogP contribution >= 0.6 is 0 Å². The van der Waals surface area contributed by atoms with Gasteiger partial charge in [-0.1, -0.05) is 24.6 Å². The first-order valence-corrected chi connectivity index (χ1v) is 5.60. The molecule has 0 aliphatic carbocycles. The van der Waals surface area contributed by atoms with E-state index < -0.39 is 0 Å². The molecule has 0 aliphatic heterocycles. The van der Waals surface area contributed by atoms with Gasteiger partial charge in [0.1, 0.15) is 5.75 Å². The molecule has 0 aliphatic rings. The monoisotopic (exact) mass is 204 g/mol. The van der Waals surface area contributed by atoms with Gasteiger partial charge in [-0.15, -0.1) is 6.58 Å². The van der Waals surface area contributed by atoms with E-state index in [-0.39, 0.29) is 0 Å². The van der Waals surface area contributed by atoms with Crippen molar-refractivity contribution < 1.29 is 4.74 Å². The van der Waals surface area contributed by atoms with Crippen LogP contribution in [-0.2, 0) is 6.42 Å². The number of aryl methyl sites for hydroxylation is 1. The number of methoxy groups -OCH3 is 1. The van der Waals surface area contributed by atoms with Gasteiger partial charge in [-0.3, -0.25) is 0 Å². The highest BCUT2D eigenvalue weighted by molar-refractivity contribution is 5.27. The molecule has 0 amide bonds. The average Bonchev–Trinajstić information content (AvgIpc) is 2.30. The van der Waals surface area contributed by atoms with Crippen molar-refractivity contribution in [3.05, 3.63) is 42.5 Å². The van der Waals surface area contributed by atoms with Crippen molar-refractivity contribution in [2.75, 3.05) is 7.11 Å². The highest BCUT2D eigenvalue weighted by Gasteiger charge is 1.94. The van der Waals surface area contributed by atoms with Crippen LogP contribution in [0.2, 0.25) is 0 Å². The fraction of sp³-hybridized carbons (Fsp3) is 0.429. The fourth-order valence-corrected chi connectivity index (χ4v) is 1.59. The van der Waals surface area contributed by atoms with Crippen molar-refractivity contribution in [1.82, 2.24) is 0 Å². The Bertz CT molecular complexity index is 274. The largest absolute Gasteiger partial charge is 0.497 e. The zero-order chi connectivity index (χ0) is 10.9. The van der Waals surface area contributed by atoms with Gasteiger partial charge in [-0.05, 0) is 43.4 Å². The number of unbranched alkanes of at least 4 members (excludes halogenated alkanes) is 3. The van der Waals surface area contributed by atoms with Crippen LogP contribution in [0.5, 0.6) is 5.75 Å². The molecule has 0 saturated carbocycles. The van der Waals surface area contributed by atoms with Gasteiger partial charge in [-0.25, -0.2) is 0 Å². The third-order valence-corrected chi connectivity index (χ3v) is 2.53. The lowest BCUT2D eigenvalue weighted by Gasteiger charge is -2.03. The molecule has 0 heterocycles. The Morgan fingerprint density at radius 1 is 1.13 bits per heavy atom. The zero-order valence-electron chi connectivity index (χ0n) is 9.54. The molecule has 1 rings (SSSR count). The SMILES string of the molecule is C=CCCCCCc1ccc(OC)cc1. The number of benzene rings is 1. The second-order valence-corrected chi connectivity index (χ2v) is 3.74. The first-order chi connectivity index (χ1) is 7.36. The van der Waals surface area contributed by atoms with Crippen molar-refractivity contribution in [2.24, 2.45) is 0 Å². The zero-order valence-corrected chi connectivity index (χ0v) is 9.54. The summed E-state index contributed by atoms with van der Waals surface area (Å²) in [4.78, 5) is 0. The average molecular weight is 204 g/mol. The van der Waals surface area contributed by atoms with Crippen molar-refractivity contribution in [3.63, 3.8) is 0 Å². The molecular formula is C14H20O. The molecule has 82 valence electrons. The molecule has 0 bridgehead atoms. The van der Waals surface area contributed by atoms with E-state index in [1.165, 1.54) is 31.2 Å². The lowest BCUT2D eigenvalue weighted by molar-refractivity contribution is 0.414. The molecule has 0 atom stereocenters. The van der Waals surface area contributed by atoms with E-state index in [9.17, 15) is 0 Å². The van der Waals surface area contributed by atoms with Crippen LogP contribution in [0.15, 0.2) is 36.9 Å². The van der Waals surface area contributed by atoms with Gasteiger partial charge < -0.3 is 4.74 Å². The molecular weight excluding hydrogens is 184 g/mol. The summed E-state index contributed by atoms with van der Waals surface area (Å²) < 4.78 is 5.12. The smallest absolute Gasteiger partial charge is 0.118 e. The van der Waals surface area contributed by atoms with Gasteiger partial charge in [0.2, 0.25) is 0 Å². The van der Waals surface area contributed by atoms with Crippen LogP contribution < -0.4 is 4.74 Å². The summed E-state index contributed by atoms with van der Waals surface area (Å²) >= 11 is 0. The van der Waals surface area contributed by atoms with Gasteiger partial charge in [0.15, 0.2) is 0 Å². The van der Waals surface area contributed by atoms with Crippen molar-refractivity contribution >= 4 is 0 Å². The molecule has 0 aromatic heterocycles. The molecule has 1 aromatic rings. The summed E-state index contributed by atoms with van der Waals surface area (Å²) in [5, 5.41) is 0. The topological polar surface area (TPSA) is 9.23 Å². The normalized spacial score (nSPS) is 9.93. The van der Waals surface area contributed by atoms with E-state index >= 15 is 0 Å². The van der Waals surface area contributed by atoms with E-state index in [2.05, 4.69) is 18.7 Å². The van der Waals surface area contributed by atoms with E-state index in [0.717, 1.165) is 12.2 Å². The van der Waals surface area contributed by atoms with Crippen LogP contribution in [0.3, 0.4) is 0 Å². The summed E-state index contributed by atoms with van der Waals surface area (Å²) in [5.74, 6) is 0.936. The molecule has 15 heavy (non-hydrogen) atoms. The van der Waals surface area contributed by atoms with E-state index in [1.54, 1.807) is 7.11 Å². The highest BCUT2D eigenvalue weighted by atomic mass is 16.5. The van der Waals surface area contributed by atoms with Gasteiger partial charge in [-0.2, -0.15) is 0 Å². The number of ether oxygens (including phenoxy) is 1. The second-order valence-electron chi connectivity index (χ2n) is 3.74. The van der Waals surface area contributed by atoms with Crippen LogP contribution in [0.4, 0.5) is 0 Å². The number of rotatable bonds is 7. The molecule has 0 radical (unpaired) electrons. The van der Waals surface area contributed by atoms with E-state index in [1.807, 2.05) is 18.2 Å². The minimum atomic E-state index is 0.936. The molecule has 0 saturated heterocycles. The maximum atomic E-state index is 5.12. The third-order valence-electron chi connectivity index (χ3n) is 2.53. The van der Waals surface area contributed by atoms with Crippen LogP contribution in [0.1, 0.15) is 31.2 Å². The first-order valence-electron chi connectivity index (χ1n) is 5.60. The summed E-state index contributed by atoms with van der Waals surface area (Å²) in [6.45, 7) is 3.72. The summed E-state index contributed by atoms with van der Waals surface area (Å²) in [6, 6.07) is 8.34. The predicted molar refractivity (Wildman–Crippen MR) is 65.4 cm³/mol. The van der Waals surface area contributed by atoms with Gasteiger partial charge in [0.25, 0.3) is 0 Å². The molecule has 1 nitrogen and oxygen atoms in total. The van der Waals surface area contributed by atoms with Crippen molar-refractivity contribution in [2.45, 2.75) is 32.1 Å². The third kappa shape index (κ3) is 4.68. The lowest BCUT2D eigenvalue weighted by Crippen LogP contribution is -1.87. The van der Waals surface area contributed by atoms with E-state index in [0.29, 0.717) is 0 Å². The van der Waals surface area contributed by atoms with Gasteiger partial charge >= 0.3 is 0 Å². The summed E-state index contributed by atoms with van der Waals surface area (Å²) in [7, 11) is 1.70.